The van der Waals surface area contributed by atoms with Gasteiger partial charge in [-0.25, -0.2) is 0 Å². The van der Waals surface area contributed by atoms with Gasteiger partial charge in [0.1, 0.15) is 5.75 Å². The van der Waals surface area contributed by atoms with Crippen molar-refractivity contribution in [3.63, 3.8) is 0 Å². The van der Waals surface area contributed by atoms with E-state index >= 15 is 0 Å². The van der Waals surface area contributed by atoms with Crippen molar-refractivity contribution in [3.05, 3.63) is 76.4 Å². The van der Waals surface area contributed by atoms with Gasteiger partial charge in [-0.05, 0) is 80.6 Å². The van der Waals surface area contributed by atoms with Gasteiger partial charge in [0.25, 0.3) is 0 Å². The Hall–Kier alpha value is -2.65. The van der Waals surface area contributed by atoms with Gasteiger partial charge in [-0.2, -0.15) is 0 Å². The minimum absolute atomic E-state index is 0.158. The fourth-order valence-corrected chi connectivity index (χ4v) is 4.31. The molecule has 0 amide bonds. The number of aromatic hydroxyl groups is 1. The van der Waals surface area contributed by atoms with E-state index in [0.29, 0.717) is 5.75 Å². The number of hydrogen-bond donors (Lipinski definition) is 1. The third-order valence-corrected chi connectivity index (χ3v) is 5.90. The van der Waals surface area contributed by atoms with E-state index in [1.54, 1.807) is 6.07 Å². The van der Waals surface area contributed by atoms with E-state index in [9.17, 15) is 9.90 Å². The topological polar surface area (TPSA) is 40.5 Å². The summed E-state index contributed by atoms with van der Waals surface area (Å²) in [5, 5.41) is 10.3. The minimum Gasteiger partial charge on any atom is -0.508 e. The van der Waals surface area contributed by atoms with Crippen LogP contribution in [-0.2, 0) is 11.3 Å². The number of carbonyl (C=O) groups is 1. The molecule has 0 atom stereocenters. The first kappa shape index (κ1) is 19.7. The van der Waals surface area contributed by atoms with E-state index < -0.39 is 0 Å². The number of carbonyl (C=O) groups excluding carboxylic acids is 1. The molecule has 29 heavy (non-hydrogen) atoms. The van der Waals surface area contributed by atoms with Crippen molar-refractivity contribution in [2.24, 2.45) is 0 Å². The van der Waals surface area contributed by atoms with Gasteiger partial charge >= 0.3 is 0 Å². The van der Waals surface area contributed by atoms with Crippen LogP contribution in [0.1, 0.15) is 55.2 Å². The van der Waals surface area contributed by atoms with Gasteiger partial charge in [0.15, 0.2) is 5.78 Å². The highest BCUT2D eigenvalue weighted by atomic mass is 16.3. The molecule has 2 aliphatic rings. The maximum absolute atomic E-state index is 13.0. The zero-order valence-electron chi connectivity index (χ0n) is 16.9. The van der Waals surface area contributed by atoms with Crippen LogP contribution in [-0.4, -0.2) is 28.9 Å². The lowest BCUT2D eigenvalue weighted by Gasteiger charge is -2.26. The number of ketones is 1. The standard InChI is InChI=1S/C26H29NO2/c28-25-13-12-21(18-24(25)19-27-14-5-2-6-15-27)17-23-11-7-10-22(26(23)29)16-20-8-3-1-4-9-20/h1,3-4,8-9,12-13,16-18,28H,2,5-7,10-11,14-15,19H2/b22-16+,23-17+. The third-order valence-electron chi connectivity index (χ3n) is 5.90. The third kappa shape index (κ3) is 5.04. The highest BCUT2D eigenvalue weighted by molar-refractivity contribution is 6.13. The summed E-state index contributed by atoms with van der Waals surface area (Å²) in [5.74, 6) is 0.503. The Morgan fingerprint density at radius 2 is 1.52 bits per heavy atom. The summed E-state index contributed by atoms with van der Waals surface area (Å²) in [6.45, 7) is 2.96. The molecule has 2 aromatic carbocycles. The second-order valence-electron chi connectivity index (χ2n) is 8.16. The van der Waals surface area contributed by atoms with Crippen LogP contribution in [0, 0.1) is 0 Å². The normalized spacial score (nSPS) is 21.0. The molecule has 0 bridgehead atoms. The summed E-state index contributed by atoms with van der Waals surface area (Å²) in [6.07, 6.45) is 10.4. The molecule has 2 aromatic rings. The van der Waals surface area contributed by atoms with E-state index in [1.165, 1.54) is 19.3 Å². The fourth-order valence-electron chi connectivity index (χ4n) is 4.31. The van der Waals surface area contributed by atoms with Crippen LogP contribution in [0.3, 0.4) is 0 Å². The van der Waals surface area contributed by atoms with Gasteiger partial charge in [0.2, 0.25) is 0 Å². The Bertz CT molecular complexity index is 921. The average Bonchev–Trinajstić information content (AvgIpc) is 2.75. The number of rotatable bonds is 4. The van der Waals surface area contributed by atoms with Crippen LogP contribution in [0.25, 0.3) is 12.2 Å². The zero-order valence-corrected chi connectivity index (χ0v) is 16.9. The lowest BCUT2D eigenvalue weighted by molar-refractivity contribution is -0.112. The molecule has 4 rings (SSSR count). The number of Topliss-reactive ketones (excluding diaryl/α,β-unsaturated/α-hetero) is 1. The van der Waals surface area contributed by atoms with Crippen LogP contribution in [0.5, 0.6) is 5.75 Å². The Morgan fingerprint density at radius 1 is 0.828 bits per heavy atom. The van der Waals surface area contributed by atoms with E-state index in [1.807, 2.05) is 54.6 Å². The quantitative estimate of drug-likeness (QED) is 0.695. The Kier molecular flexibility index (Phi) is 6.26. The summed E-state index contributed by atoms with van der Waals surface area (Å²) < 4.78 is 0. The molecule has 1 aliphatic carbocycles. The predicted octanol–water partition coefficient (Wildman–Crippen LogP) is 5.60. The van der Waals surface area contributed by atoms with Crippen molar-refractivity contribution < 1.29 is 9.90 Å². The van der Waals surface area contributed by atoms with Crippen molar-refractivity contribution in [1.29, 1.82) is 0 Å². The second-order valence-corrected chi connectivity index (χ2v) is 8.16. The van der Waals surface area contributed by atoms with Crippen molar-refractivity contribution in [2.75, 3.05) is 13.1 Å². The van der Waals surface area contributed by atoms with Crippen LogP contribution in [0.15, 0.2) is 59.7 Å². The number of phenols is 1. The summed E-state index contributed by atoms with van der Waals surface area (Å²) in [5.41, 5.74) is 4.78. The first-order valence-corrected chi connectivity index (χ1v) is 10.7. The number of likely N-dealkylation sites (tertiary alicyclic amines) is 1. The predicted molar refractivity (Wildman–Crippen MR) is 118 cm³/mol. The van der Waals surface area contributed by atoms with Crippen molar-refractivity contribution in [3.8, 4) is 5.75 Å². The summed E-state index contributed by atoms with van der Waals surface area (Å²) in [7, 11) is 0. The monoisotopic (exact) mass is 387 g/mol. The molecular formula is C26H29NO2. The number of nitrogens with zero attached hydrogens (tertiary/aromatic N) is 1. The molecule has 1 saturated heterocycles. The van der Waals surface area contributed by atoms with Gasteiger partial charge < -0.3 is 5.11 Å². The maximum atomic E-state index is 13.0. The average molecular weight is 388 g/mol. The largest absolute Gasteiger partial charge is 0.508 e. The molecule has 1 aliphatic heterocycles. The molecule has 0 aromatic heterocycles. The minimum atomic E-state index is 0.158. The number of benzene rings is 2. The van der Waals surface area contributed by atoms with Gasteiger partial charge in [0, 0.05) is 23.3 Å². The van der Waals surface area contributed by atoms with Gasteiger partial charge in [-0.3, -0.25) is 9.69 Å². The molecule has 1 N–H and O–H groups in total. The van der Waals surface area contributed by atoms with Gasteiger partial charge in [0.05, 0.1) is 0 Å². The first-order valence-electron chi connectivity index (χ1n) is 10.7. The second kappa shape index (κ2) is 9.23. The molecule has 1 saturated carbocycles. The summed E-state index contributed by atoms with van der Waals surface area (Å²) >= 11 is 0. The van der Waals surface area contributed by atoms with Crippen LogP contribution < -0.4 is 0 Å². The zero-order chi connectivity index (χ0) is 20.1. The lowest BCUT2D eigenvalue weighted by atomic mass is 9.86. The smallest absolute Gasteiger partial charge is 0.185 e. The molecule has 0 unspecified atom stereocenters. The molecule has 150 valence electrons. The van der Waals surface area contributed by atoms with Crippen molar-refractivity contribution in [2.45, 2.75) is 45.1 Å². The Morgan fingerprint density at radius 3 is 2.24 bits per heavy atom. The van der Waals surface area contributed by atoms with Crippen molar-refractivity contribution >= 4 is 17.9 Å². The van der Waals surface area contributed by atoms with Crippen molar-refractivity contribution in [1.82, 2.24) is 4.90 Å². The first-order chi connectivity index (χ1) is 14.2. The van der Waals surface area contributed by atoms with Gasteiger partial charge in [-0.1, -0.05) is 42.8 Å². The molecule has 0 radical (unpaired) electrons. The van der Waals surface area contributed by atoms with E-state index in [-0.39, 0.29) is 5.78 Å². The maximum Gasteiger partial charge on any atom is 0.185 e. The molecular weight excluding hydrogens is 358 g/mol. The number of allylic oxidation sites excluding steroid dienone is 2. The lowest BCUT2D eigenvalue weighted by Crippen LogP contribution is -2.29. The Balaban J connectivity index is 1.54. The van der Waals surface area contributed by atoms with Crippen LogP contribution in [0.2, 0.25) is 0 Å². The molecule has 2 fully saturated rings. The molecule has 3 nitrogen and oxygen atoms in total. The summed E-state index contributed by atoms with van der Waals surface area (Å²) in [4.78, 5) is 15.4. The summed E-state index contributed by atoms with van der Waals surface area (Å²) in [6, 6.07) is 15.8. The van der Waals surface area contributed by atoms with Crippen LogP contribution >= 0.6 is 0 Å². The molecule has 3 heteroatoms. The SMILES string of the molecule is O=C1/C(=C/c2ccccc2)CCC/C1=C\c1ccc(O)c(CN2CCCCC2)c1. The highest BCUT2D eigenvalue weighted by Gasteiger charge is 2.20. The van der Waals surface area contributed by atoms with E-state index in [2.05, 4.69) is 4.90 Å². The highest BCUT2D eigenvalue weighted by Crippen LogP contribution is 2.29. The van der Waals surface area contributed by atoms with Gasteiger partial charge in [-0.15, -0.1) is 0 Å². The fraction of sp³-hybridized carbons (Fsp3) is 0.346. The number of piperidine rings is 1. The molecule has 0 spiro atoms. The number of phenolic OH excluding ortho intramolecular Hbond substituents is 1. The Labute approximate surface area is 173 Å². The van der Waals surface area contributed by atoms with E-state index in [0.717, 1.165) is 66.7 Å². The van der Waals surface area contributed by atoms with Crippen LogP contribution in [0.4, 0.5) is 0 Å². The van der Waals surface area contributed by atoms with E-state index in [4.69, 9.17) is 0 Å². The molecule has 1 heterocycles. The number of hydrogen-bond acceptors (Lipinski definition) is 3.